The molecule has 6 nitrogen and oxygen atoms in total. The summed E-state index contributed by atoms with van der Waals surface area (Å²) in [5, 5.41) is 5.62. The Morgan fingerprint density at radius 2 is 1.69 bits per heavy atom. The Bertz CT molecular complexity index is 1310. The van der Waals surface area contributed by atoms with Crippen LogP contribution in [0.25, 0.3) is 10.8 Å². The van der Waals surface area contributed by atoms with E-state index in [1.165, 1.54) is 11.1 Å². The van der Waals surface area contributed by atoms with Gasteiger partial charge in [0.25, 0.3) is 0 Å². The maximum atomic E-state index is 13.1. The molecule has 2 aliphatic heterocycles. The topological polar surface area (TPSA) is 78.5 Å². The van der Waals surface area contributed by atoms with Crippen molar-refractivity contribution in [1.82, 2.24) is 10.0 Å². The lowest BCUT2D eigenvalue weighted by Crippen LogP contribution is -2.41. The molecule has 2 aliphatic rings. The number of hydrogen-bond acceptors (Lipinski definition) is 4. The second kappa shape index (κ2) is 8.48. The van der Waals surface area contributed by atoms with Crippen LogP contribution in [0.5, 0.6) is 0 Å². The molecule has 2 N–H and O–H groups in total. The van der Waals surface area contributed by atoms with Crippen molar-refractivity contribution in [2.24, 2.45) is 0 Å². The highest BCUT2D eigenvalue weighted by Gasteiger charge is 2.36. The second-order valence-electron chi connectivity index (χ2n) is 8.31. The molecule has 0 bridgehead atoms. The van der Waals surface area contributed by atoms with E-state index in [0.717, 1.165) is 42.4 Å². The Morgan fingerprint density at radius 3 is 2.53 bits per heavy atom. The first kappa shape index (κ1) is 21.4. The van der Waals surface area contributed by atoms with Crippen LogP contribution in [0.3, 0.4) is 0 Å². The molecule has 5 rings (SSSR count). The lowest BCUT2D eigenvalue weighted by atomic mass is 10.0. The molecule has 166 valence electrons. The smallest absolute Gasteiger partial charge is 0.245 e. The van der Waals surface area contributed by atoms with Gasteiger partial charge < -0.3 is 10.2 Å². The number of halogens is 1. The van der Waals surface area contributed by atoms with Crippen LogP contribution >= 0.6 is 11.6 Å². The number of amides is 1. The maximum absolute atomic E-state index is 13.1. The molecule has 1 amide bonds. The van der Waals surface area contributed by atoms with Crippen molar-refractivity contribution in [2.75, 3.05) is 24.5 Å². The summed E-state index contributed by atoms with van der Waals surface area (Å²) >= 11 is 6.01. The van der Waals surface area contributed by atoms with Crippen molar-refractivity contribution in [1.29, 1.82) is 0 Å². The molecular formula is C24H24ClN3O3S. The minimum Gasteiger partial charge on any atom is -0.316 e. The van der Waals surface area contributed by atoms with E-state index in [9.17, 15) is 13.2 Å². The van der Waals surface area contributed by atoms with E-state index < -0.39 is 16.1 Å². The van der Waals surface area contributed by atoms with E-state index in [1.807, 2.05) is 6.07 Å². The highest BCUT2D eigenvalue weighted by Crippen LogP contribution is 2.27. The van der Waals surface area contributed by atoms with E-state index in [0.29, 0.717) is 18.0 Å². The van der Waals surface area contributed by atoms with Crippen LogP contribution in [0.4, 0.5) is 5.69 Å². The first-order valence-electron chi connectivity index (χ1n) is 10.8. The predicted octanol–water partition coefficient (Wildman–Crippen LogP) is 3.27. The number of fused-ring (bicyclic) bond motifs is 2. The summed E-state index contributed by atoms with van der Waals surface area (Å²) in [7, 11) is -3.84. The molecule has 3 aromatic rings. The number of rotatable bonds is 4. The van der Waals surface area contributed by atoms with E-state index in [1.54, 1.807) is 41.3 Å². The number of nitrogens with one attached hydrogen (secondary N) is 2. The molecule has 32 heavy (non-hydrogen) atoms. The Balaban J connectivity index is 1.35. The van der Waals surface area contributed by atoms with Gasteiger partial charge in [0.2, 0.25) is 15.9 Å². The van der Waals surface area contributed by atoms with Gasteiger partial charge >= 0.3 is 0 Å². The third-order valence-electron chi connectivity index (χ3n) is 6.23. The van der Waals surface area contributed by atoms with Crippen molar-refractivity contribution < 1.29 is 13.2 Å². The number of sulfonamides is 1. The van der Waals surface area contributed by atoms with E-state index >= 15 is 0 Å². The van der Waals surface area contributed by atoms with Crippen molar-refractivity contribution in [2.45, 2.75) is 30.2 Å². The fourth-order valence-corrected chi connectivity index (χ4v) is 5.93. The zero-order chi connectivity index (χ0) is 22.3. The van der Waals surface area contributed by atoms with Crippen LogP contribution in [0, 0.1) is 0 Å². The van der Waals surface area contributed by atoms with Gasteiger partial charge in [-0.1, -0.05) is 29.8 Å². The Kier molecular flexibility index (Phi) is 5.67. The number of carbonyl (C=O) groups is 1. The monoisotopic (exact) mass is 469 g/mol. The van der Waals surface area contributed by atoms with Gasteiger partial charge in [0, 0.05) is 17.3 Å². The summed E-state index contributed by atoms with van der Waals surface area (Å²) < 4.78 is 28.6. The van der Waals surface area contributed by atoms with E-state index in [-0.39, 0.29) is 10.8 Å². The zero-order valence-corrected chi connectivity index (χ0v) is 19.0. The van der Waals surface area contributed by atoms with Crippen molar-refractivity contribution >= 4 is 44.0 Å². The number of anilines is 1. The van der Waals surface area contributed by atoms with Crippen LogP contribution in [0.15, 0.2) is 59.5 Å². The van der Waals surface area contributed by atoms with E-state index in [4.69, 9.17) is 11.6 Å². The lowest BCUT2D eigenvalue weighted by Gasteiger charge is -2.19. The Morgan fingerprint density at radius 1 is 0.938 bits per heavy atom. The van der Waals surface area contributed by atoms with Gasteiger partial charge in [-0.15, -0.1) is 0 Å². The molecule has 0 aromatic heterocycles. The highest BCUT2D eigenvalue weighted by atomic mass is 35.5. The van der Waals surface area contributed by atoms with Gasteiger partial charge in [0.05, 0.1) is 4.90 Å². The SMILES string of the molecule is O=C1C(NS(=O)(=O)c2ccc3cc(Cl)ccc3c2)CCN1c1ccc2c(c1)CCNCC2. The molecule has 1 atom stereocenters. The number of hydrogen-bond donors (Lipinski definition) is 2. The molecule has 0 aliphatic carbocycles. The second-order valence-corrected chi connectivity index (χ2v) is 10.5. The molecule has 0 saturated carbocycles. The number of carbonyl (C=O) groups excluding carboxylic acids is 1. The van der Waals surface area contributed by atoms with Crippen LogP contribution in [0.2, 0.25) is 5.02 Å². The first-order valence-corrected chi connectivity index (χ1v) is 12.6. The van der Waals surface area contributed by atoms with Gasteiger partial charge in [0.1, 0.15) is 6.04 Å². The van der Waals surface area contributed by atoms with Crippen molar-refractivity contribution in [3.63, 3.8) is 0 Å². The van der Waals surface area contributed by atoms with E-state index in [2.05, 4.69) is 22.2 Å². The summed E-state index contributed by atoms with van der Waals surface area (Å²) in [5.74, 6) is -0.215. The van der Waals surface area contributed by atoms with Crippen molar-refractivity contribution in [3.8, 4) is 0 Å². The largest absolute Gasteiger partial charge is 0.316 e. The van der Waals surface area contributed by atoms with Crippen LogP contribution in [0.1, 0.15) is 17.5 Å². The van der Waals surface area contributed by atoms with Gasteiger partial charge in [-0.3, -0.25) is 4.79 Å². The Labute approximate surface area is 192 Å². The average Bonchev–Trinajstić information content (AvgIpc) is 2.98. The molecule has 8 heteroatoms. The predicted molar refractivity (Wildman–Crippen MR) is 127 cm³/mol. The molecule has 3 aromatic carbocycles. The lowest BCUT2D eigenvalue weighted by molar-refractivity contribution is -0.118. The fraction of sp³-hybridized carbons (Fsp3) is 0.292. The van der Waals surface area contributed by atoms with Crippen LogP contribution in [-0.4, -0.2) is 40.0 Å². The summed E-state index contributed by atoms with van der Waals surface area (Å²) in [6.07, 6.45) is 2.33. The molecule has 1 fully saturated rings. The molecule has 0 spiro atoms. The average molecular weight is 470 g/mol. The minimum absolute atomic E-state index is 0.135. The molecular weight excluding hydrogens is 446 g/mol. The standard InChI is InChI=1S/C24H24ClN3O3S/c25-20-4-1-18-15-22(6-3-17(18)13-20)32(30,31)27-23-9-12-28(24(23)29)21-5-2-16-7-10-26-11-8-19(16)14-21/h1-6,13-15,23,26-27H,7-12H2. The minimum atomic E-state index is -3.84. The zero-order valence-electron chi connectivity index (χ0n) is 17.5. The van der Waals surface area contributed by atoms with Gasteiger partial charge in [0.15, 0.2) is 0 Å². The quantitative estimate of drug-likeness (QED) is 0.614. The first-order chi connectivity index (χ1) is 15.4. The van der Waals surface area contributed by atoms with Crippen LogP contribution in [-0.2, 0) is 27.7 Å². The normalized spacial score (nSPS) is 19.2. The van der Waals surface area contributed by atoms with Gasteiger partial charge in [-0.25, -0.2) is 8.42 Å². The molecule has 1 saturated heterocycles. The molecule has 0 radical (unpaired) electrons. The van der Waals surface area contributed by atoms with Gasteiger partial charge in [-0.2, -0.15) is 4.72 Å². The Hall–Kier alpha value is -2.45. The number of nitrogens with zero attached hydrogens (tertiary/aromatic N) is 1. The molecule has 2 heterocycles. The third-order valence-corrected chi connectivity index (χ3v) is 7.94. The molecule has 1 unspecified atom stereocenters. The summed E-state index contributed by atoms with van der Waals surface area (Å²) in [6, 6.07) is 15.5. The third kappa shape index (κ3) is 4.13. The summed E-state index contributed by atoms with van der Waals surface area (Å²) in [6.45, 7) is 2.37. The van der Waals surface area contributed by atoms with Crippen LogP contribution < -0.4 is 14.9 Å². The highest BCUT2D eigenvalue weighted by molar-refractivity contribution is 7.89. The number of benzene rings is 3. The fourth-order valence-electron chi connectivity index (χ4n) is 4.49. The summed E-state index contributed by atoms with van der Waals surface area (Å²) in [4.78, 5) is 14.9. The maximum Gasteiger partial charge on any atom is 0.245 e. The summed E-state index contributed by atoms with van der Waals surface area (Å²) in [5.41, 5.74) is 3.39. The van der Waals surface area contributed by atoms with Crippen molar-refractivity contribution in [3.05, 3.63) is 70.7 Å². The van der Waals surface area contributed by atoms with Gasteiger partial charge in [-0.05, 0) is 90.6 Å².